The van der Waals surface area contributed by atoms with Crippen LogP contribution in [0.4, 0.5) is 0 Å². The molecule has 0 aromatic heterocycles. The Kier molecular flexibility index (Phi) is 5.86. The standard InChI is InChI=1S/C17H23ClN2O2/c1-4-7-19-8-10-20(11-9-19)17(21)14(3)22-16-6-5-15(18)12-13(16)2/h4-6,12,14H,1,7-11H2,2-3H3/p+1/t14-/m1/s1. The molecule has 1 heterocycles. The molecule has 0 unspecified atom stereocenters. The van der Waals surface area contributed by atoms with Gasteiger partial charge in [-0.3, -0.25) is 4.79 Å². The highest BCUT2D eigenvalue weighted by atomic mass is 35.5. The van der Waals surface area contributed by atoms with Crippen molar-refractivity contribution in [3.63, 3.8) is 0 Å². The molecule has 0 radical (unpaired) electrons. The van der Waals surface area contributed by atoms with Gasteiger partial charge in [0.2, 0.25) is 0 Å². The molecule has 22 heavy (non-hydrogen) atoms. The number of rotatable bonds is 5. The van der Waals surface area contributed by atoms with Crippen LogP contribution in [-0.4, -0.2) is 49.6 Å². The summed E-state index contributed by atoms with van der Waals surface area (Å²) in [5.41, 5.74) is 0.937. The van der Waals surface area contributed by atoms with Gasteiger partial charge in [0.25, 0.3) is 5.91 Å². The third-order valence-electron chi connectivity index (χ3n) is 4.00. The Morgan fingerprint density at radius 1 is 1.50 bits per heavy atom. The smallest absolute Gasteiger partial charge is 0.263 e. The zero-order valence-corrected chi connectivity index (χ0v) is 14.0. The van der Waals surface area contributed by atoms with E-state index in [9.17, 15) is 4.79 Å². The maximum Gasteiger partial charge on any atom is 0.263 e. The quantitative estimate of drug-likeness (QED) is 0.830. The van der Waals surface area contributed by atoms with Crippen LogP contribution in [0.5, 0.6) is 5.75 Å². The minimum Gasteiger partial charge on any atom is -0.481 e. The van der Waals surface area contributed by atoms with E-state index < -0.39 is 6.10 Å². The summed E-state index contributed by atoms with van der Waals surface area (Å²) in [6, 6.07) is 5.43. The number of benzene rings is 1. The molecule has 5 heteroatoms. The van der Waals surface area contributed by atoms with Crippen LogP contribution >= 0.6 is 11.6 Å². The summed E-state index contributed by atoms with van der Waals surface area (Å²) >= 11 is 5.94. The van der Waals surface area contributed by atoms with E-state index in [-0.39, 0.29) is 5.91 Å². The molecule has 1 N–H and O–H groups in total. The molecule has 0 bridgehead atoms. The maximum absolute atomic E-state index is 12.5. The second-order valence-corrected chi connectivity index (χ2v) is 6.17. The first kappa shape index (κ1) is 16.8. The molecule has 1 aliphatic rings. The molecule has 1 atom stereocenters. The fourth-order valence-corrected chi connectivity index (χ4v) is 2.92. The molecular formula is C17H24ClN2O2+. The first-order chi connectivity index (χ1) is 10.5. The van der Waals surface area contributed by atoms with E-state index in [0.717, 1.165) is 38.3 Å². The van der Waals surface area contributed by atoms with Crippen LogP contribution in [0.15, 0.2) is 30.9 Å². The summed E-state index contributed by atoms with van der Waals surface area (Å²) in [6.07, 6.45) is 1.45. The van der Waals surface area contributed by atoms with Gasteiger partial charge in [-0.05, 0) is 43.7 Å². The van der Waals surface area contributed by atoms with E-state index in [1.165, 1.54) is 4.90 Å². The lowest BCUT2D eigenvalue weighted by atomic mass is 10.2. The Morgan fingerprint density at radius 2 is 2.18 bits per heavy atom. The van der Waals surface area contributed by atoms with Gasteiger partial charge in [-0.25, -0.2) is 0 Å². The Bertz CT molecular complexity index is 539. The molecule has 1 aliphatic heterocycles. The molecule has 120 valence electrons. The van der Waals surface area contributed by atoms with Gasteiger partial charge in [-0.1, -0.05) is 18.2 Å². The Hall–Kier alpha value is -1.52. The van der Waals surface area contributed by atoms with E-state index in [1.807, 2.05) is 30.0 Å². The van der Waals surface area contributed by atoms with Gasteiger partial charge in [0.15, 0.2) is 6.10 Å². The number of amides is 1. The van der Waals surface area contributed by atoms with Crippen LogP contribution in [0.2, 0.25) is 5.02 Å². The van der Waals surface area contributed by atoms with Gasteiger partial charge < -0.3 is 14.5 Å². The van der Waals surface area contributed by atoms with Crippen molar-refractivity contribution in [2.24, 2.45) is 0 Å². The Balaban J connectivity index is 1.91. The summed E-state index contributed by atoms with van der Waals surface area (Å²) in [5, 5.41) is 0.671. The van der Waals surface area contributed by atoms with Gasteiger partial charge in [0.05, 0.1) is 32.7 Å². The first-order valence-corrected chi connectivity index (χ1v) is 8.05. The van der Waals surface area contributed by atoms with Crippen molar-refractivity contribution in [3.05, 3.63) is 41.4 Å². The second kappa shape index (κ2) is 7.65. The number of halogens is 1. The van der Waals surface area contributed by atoms with E-state index in [0.29, 0.717) is 10.8 Å². The number of nitrogens with zero attached hydrogens (tertiary/aromatic N) is 1. The van der Waals surface area contributed by atoms with Crippen molar-refractivity contribution in [1.29, 1.82) is 0 Å². The lowest BCUT2D eigenvalue weighted by Crippen LogP contribution is -3.14. The summed E-state index contributed by atoms with van der Waals surface area (Å²) < 4.78 is 5.82. The minimum atomic E-state index is -0.485. The Labute approximate surface area is 137 Å². The summed E-state index contributed by atoms with van der Waals surface area (Å²) in [5.74, 6) is 0.758. The molecule has 0 aliphatic carbocycles. The minimum absolute atomic E-state index is 0.0482. The summed E-state index contributed by atoms with van der Waals surface area (Å²) in [6.45, 7) is 11.9. The number of hydrogen-bond donors (Lipinski definition) is 1. The topological polar surface area (TPSA) is 34.0 Å². The number of hydrogen-bond acceptors (Lipinski definition) is 2. The molecule has 1 amide bonds. The van der Waals surface area contributed by atoms with Crippen molar-refractivity contribution in [3.8, 4) is 5.75 Å². The Morgan fingerprint density at radius 3 is 2.77 bits per heavy atom. The van der Waals surface area contributed by atoms with Crippen molar-refractivity contribution in [1.82, 2.24) is 4.90 Å². The van der Waals surface area contributed by atoms with Crippen LogP contribution in [-0.2, 0) is 4.79 Å². The number of carbonyl (C=O) groups excluding carboxylic acids is 1. The summed E-state index contributed by atoms with van der Waals surface area (Å²) in [7, 11) is 0. The average molecular weight is 324 g/mol. The van der Waals surface area contributed by atoms with Crippen LogP contribution in [0.25, 0.3) is 0 Å². The number of quaternary nitrogens is 1. The molecule has 2 rings (SSSR count). The molecule has 4 nitrogen and oxygen atoms in total. The lowest BCUT2D eigenvalue weighted by molar-refractivity contribution is -0.898. The van der Waals surface area contributed by atoms with E-state index >= 15 is 0 Å². The second-order valence-electron chi connectivity index (χ2n) is 5.74. The lowest BCUT2D eigenvalue weighted by Gasteiger charge is -2.33. The third kappa shape index (κ3) is 4.24. The monoisotopic (exact) mass is 323 g/mol. The molecule has 0 saturated carbocycles. The molecule has 1 aromatic carbocycles. The molecule has 0 spiro atoms. The van der Waals surface area contributed by atoms with E-state index in [4.69, 9.17) is 16.3 Å². The normalized spacial score (nSPS) is 17.1. The predicted molar refractivity (Wildman–Crippen MR) is 88.6 cm³/mol. The number of piperazine rings is 1. The molecule has 1 fully saturated rings. The zero-order chi connectivity index (χ0) is 16.1. The highest BCUT2D eigenvalue weighted by Gasteiger charge is 2.27. The largest absolute Gasteiger partial charge is 0.481 e. The molecule has 1 aromatic rings. The maximum atomic E-state index is 12.5. The predicted octanol–water partition coefficient (Wildman–Crippen LogP) is 1.33. The van der Waals surface area contributed by atoms with E-state index in [1.54, 1.807) is 13.0 Å². The van der Waals surface area contributed by atoms with Crippen molar-refractivity contribution >= 4 is 17.5 Å². The highest BCUT2D eigenvalue weighted by molar-refractivity contribution is 6.30. The van der Waals surface area contributed by atoms with Crippen LogP contribution in [0.1, 0.15) is 12.5 Å². The van der Waals surface area contributed by atoms with Crippen molar-refractivity contribution in [2.45, 2.75) is 20.0 Å². The number of ether oxygens (including phenoxy) is 1. The van der Waals surface area contributed by atoms with Gasteiger partial charge >= 0.3 is 0 Å². The molecule has 1 saturated heterocycles. The summed E-state index contributed by atoms with van der Waals surface area (Å²) in [4.78, 5) is 15.9. The van der Waals surface area contributed by atoms with E-state index in [2.05, 4.69) is 6.58 Å². The number of nitrogens with one attached hydrogen (secondary N) is 1. The highest BCUT2D eigenvalue weighted by Crippen LogP contribution is 2.23. The fraction of sp³-hybridized carbons (Fsp3) is 0.471. The van der Waals surface area contributed by atoms with Gasteiger partial charge in [0, 0.05) is 5.02 Å². The molecular weight excluding hydrogens is 300 g/mol. The van der Waals surface area contributed by atoms with Gasteiger partial charge in [0.1, 0.15) is 5.75 Å². The zero-order valence-electron chi connectivity index (χ0n) is 13.3. The number of carbonyl (C=O) groups is 1. The first-order valence-electron chi connectivity index (χ1n) is 7.67. The SMILES string of the molecule is C=CC[NH+]1CCN(C(=O)[C@@H](C)Oc2ccc(Cl)cc2C)CC1. The number of aryl methyl sites for hydroxylation is 1. The average Bonchev–Trinajstić information content (AvgIpc) is 2.50. The van der Waals surface area contributed by atoms with Crippen molar-refractivity contribution in [2.75, 3.05) is 32.7 Å². The van der Waals surface area contributed by atoms with Gasteiger partial charge in [-0.15, -0.1) is 0 Å². The van der Waals surface area contributed by atoms with Crippen molar-refractivity contribution < 1.29 is 14.4 Å². The van der Waals surface area contributed by atoms with Crippen LogP contribution < -0.4 is 9.64 Å². The van der Waals surface area contributed by atoms with Gasteiger partial charge in [-0.2, -0.15) is 0 Å². The van der Waals surface area contributed by atoms with Crippen LogP contribution in [0, 0.1) is 6.92 Å². The van der Waals surface area contributed by atoms with Crippen LogP contribution in [0.3, 0.4) is 0 Å². The third-order valence-corrected chi connectivity index (χ3v) is 4.24. The fourth-order valence-electron chi connectivity index (χ4n) is 2.69.